The SMILES string of the molecule is Cc1cc(C(=O)NNC(=O)Cn2[nH]c(=O)c3ccccc3c2=O)c(C)o1. The van der Waals surface area contributed by atoms with Crippen LogP contribution in [0, 0.1) is 13.8 Å². The first-order valence-electron chi connectivity index (χ1n) is 7.75. The number of benzene rings is 1. The Balaban J connectivity index is 1.73. The van der Waals surface area contributed by atoms with Crippen LogP contribution in [-0.4, -0.2) is 21.6 Å². The van der Waals surface area contributed by atoms with E-state index in [9.17, 15) is 19.2 Å². The molecule has 0 unspecified atom stereocenters. The maximum absolute atomic E-state index is 12.3. The number of amides is 2. The summed E-state index contributed by atoms with van der Waals surface area (Å²) < 4.78 is 6.14. The highest BCUT2D eigenvalue weighted by Gasteiger charge is 2.15. The average Bonchev–Trinajstić information content (AvgIpc) is 2.96. The van der Waals surface area contributed by atoms with Gasteiger partial charge in [0.2, 0.25) is 0 Å². The van der Waals surface area contributed by atoms with E-state index in [0.717, 1.165) is 4.68 Å². The minimum atomic E-state index is -0.677. The van der Waals surface area contributed by atoms with E-state index in [-0.39, 0.29) is 10.8 Å². The monoisotopic (exact) mass is 356 g/mol. The Morgan fingerprint density at radius 2 is 1.81 bits per heavy atom. The zero-order chi connectivity index (χ0) is 18.8. The molecule has 3 rings (SSSR count). The van der Waals surface area contributed by atoms with Crippen molar-refractivity contribution in [2.75, 3.05) is 0 Å². The summed E-state index contributed by atoms with van der Waals surface area (Å²) in [5, 5.41) is 2.79. The first kappa shape index (κ1) is 17.2. The summed E-state index contributed by atoms with van der Waals surface area (Å²) >= 11 is 0. The lowest BCUT2D eigenvalue weighted by molar-refractivity contribution is -0.122. The molecule has 1 aromatic carbocycles. The fourth-order valence-electron chi connectivity index (χ4n) is 2.59. The summed E-state index contributed by atoms with van der Waals surface area (Å²) in [6, 6.07) is 7.84. The molecule has 0 aliphatic carbocycles. The van der Waals surface area contributed by atoms with E-state index in [2.05, 4.69) is 16.0 Å². The number of furan rings is 1. The topological polar surface area (TPSA) is 126 Å². The van der Waals surface area contributed by atoms with Gasteiger partial charge >= 0.3 is 0 Å². The Bertz CT molecular complexity index is 1120. The fraction of sp³-hybridized carbons (Fsp3) is 0.176. The Hall–Kier alpha value is -3.62. The lowest BCUT2D eigenvalue weighted by Gasteiger charge is -2.09. The number of aromatic nitrogens is 2. The molecular formula is C17H16N4O5. The Labute approximate surface area is 146 Å². The predicted molar refractivity (Wildman–Crippen MR) is 92.6 cm³/mol. The maximum atomic E-state index is 12.3. The van der Waals surface area contributed by atoms with Gasteiger partial charge in [0.25, 0.3) is 22.9 Å². The minimum Gasteiger partial charge on any atom is -0.466 e. The number of aromatic amines is 1. The summed E-state index contributed by atoms with van der Waals surface area (Å²) in [5.74, 6) is -0.236. The van der Waals surface area contributed by atoms with E-state index < -0.39 is 29.5 Å². The van der Waals surface area contributed by atoms with Crippen molar-refractivity contribution in [3.63, 3.8) is 0 Å². The predicted octanol–water partition coefficient (Wildman–Crippen LogP) is 0.361. The molecule has 3 N–H and O–H groups in total. The van der Waals surface area contributed by atoms with Gasteiger partial charge in [-0.2, -0.15) is 0 Å². The van der Waals surface area contributed by atoms with Crippen molar-refractivity contribution >= 4 is 22.6 Å². The lowest BCUT2D eigenvalue weighted by atomic mass is 10.2. The molecule has 0 spiro atoms. The van der Waals surface area contributed by atoms with Crippen molar-refractivity contribution in [2.24, 2.45) is 0 Å². The standard InChI is InChI=1S/C17H16N4O5/c1-9-7-13(10(2)26-9)15(23)19-18-14(22)8-21-17(25)12-6-4-3-5-11(12)16(24)20-21/h3-7H,8H2,1-2H3,(H,18,22)(H,19,23)(H,20,24). The maximum Gasteiger partial charge on any atom is 0.273 e. The van der Waals surface area contributed by atoms with Crippen LogP contribution in [0.1, 0.15) is 21.9 Å². The van der Waals surface area contributed by atoms with Gasteiger partial charge in [0, 0.05) is 0 Å². The van der Waals surface area contributed by atoms with Crippen LogP contribution >= 0.6 is 0 Å². The Morgan fingerprint density at radius 1 is 1.12 bits per heavy atom. The van der Waals surface area contributed by atoms with Gasteiger partial charge in [-0.15, -0.1) is 0 Å². The van der Waals surface area contributed by atoms with Crippen LogP contribution in [0.4, 0.5) is 0 Å². The largest absolute Gasteiger partial charge is 0.466 e. The van der Waals surface area contributed by atoms with Gasteiger partial charge < -0.3 is 4.42 Å². The number of rotatable bonds is 3. The van der Waals surface area contributed by atoms with Gasteiger partial charge in [0.1, 0.15) is 18.1 Å². The first-order valence-corrected chi connectivity index (χ1v) is 7.75. The molecule has 3 aromatic rings. The highest BCUT2D eigenvalue weighted by molar-refractivity contribution is 5.96. The fourth-order valence-corrected chi connectivity index (χ4v) is 2.59. The average molecular weight is 356 g/mol. The van der Waals surface area contributed by atoms with Crippen LogP contribution in [0.5, 0.6) is 0 Å². The number of aryl methyl sites for hydroxylation is 2. The molecule has 0 atom stereocenters. The molecule has 134 valence electrons. The molecule has 0 radical (unpaired) electrons. The van der Waals surface area contributed by atoms with E-state index in [1.807, 2.05) is 0 Å². The third-order valence-electron chi connectivity index (χ3n) is 3.79. The number of nitrogens with zero attached hydrogens (tertiary/aromatic N) is 1. The van der Waals surface area contributed by atoms with Crippen molar-refractivity contribution in [2.45, 2.75) is 20.4 Å². The smallest absolute Gasteiger partial charge is 0.273 e. The molecular weight excluding hydrogens is 340 g/mol. The van der Waals surface area contributed by atoms with Gasteiger partial charge in [-0.05, 0) is 32.0 Å². The second kappa shape index (κ2) is 6.71. The second-order valence-corrected chi connectivity index (χ2v) is 5.71. The number of hydrogen-bond acceptors (Lipinski definition) is 5. The van der Waals surface area contributed by atoms with Crippen molar-refractivity contribution in [3.8, 4) is 0 Å². The van der Waals surface area contributed by atoms with Gasteiger partial charge in [0.15, 0.2) is 0 Å². The first-order chi connectivity index (χ1) is 12.4. The lowest BCUT2D eigenvalue weighted by Crippen LogP contribution is -2.45. The molecule has 9 nitrogen and oxygen atoms in total. The van der Waals surface area contributed by atoms with Crippen LogP contribution in [0.2, 0.25) is 0 Å². The molecule has 26 heavy (non-hydrogen) atoms. The molecule has 0 fully saturated rings. The van der Waals surface area contributed by atoms with Crippen molar-refractivity contribution in [1.29, 1.82) is 0 Å². The normalized spacial score (nSPS) is 10.7. The van der Waals surface area contributed by atoms with Crippen LogP contribution < -0.4 is 22.0 Å². The van der Waals surface area contributed by atoms with Gasteiger partial charge in [0.05, 0.1) is 16.3 Å². The third-order valence-corrected chi connectivity index (χ3v) is 3.79. The Kier molecular flexibility index (Phi) is 4.44. The molecule has 2 heterocycles. The number of fused-ring (bicyclic) bond motifs is 1. The number of carbonyl (C=O) groups excluding carboxylic acids is 2. The number of nitrogens with one attached hydrogen (secondary N) is 3. The van der Waals surface area contributed by atoms with E-state index in [4.69, 9.17) is 4.42 Å². The van der Waals surface area contributed by atoms with Crippen LogP contribution in [0.15, 0.2) is 44.3 Å². The van der Waals surface area contributed by atoms with Crippen LogP contribution in [0.3, 0.4) is 0 Å². The second-order valence-electron chi connectivity index (χ2n) is 5.71. The third kappa shape index (κ3) is 3.27. The molecule has 2 aromatic heterocycles. The highest BCUT2D eigenvalue weighted by Crippen LogP contribution is 2.12. The van der Waals surface area contributed by atoms with Crippen molar-refractivity contribution in [3.05, 3.63) is 68.1 Å². The summed E-state index contributed by atoms with van der Waals surface area (Å²) in [5.41, 5.74) is 3.73. The van der Waals surface area contributed by atoms with E-state index in [1.165, 1.54) is 12.1 Å². The molecule has 0 aliphatic rings. The number of H-pyrrole nitrogens is 1. The molecule has 0 saturated heterocycles. The van der Waals surface area contributed by atoms with Crippen LogP contribution in [-0.2, 0) is 11.3 Å². The summed E-state index contributed by atoms with van der Waals surface area (Å²) in [6.07, 6.45) is 0. The van der Waals surface area contributed by atoms with Gasteiger partial charge in [-0.3, -0.25) is 35.1 Å². The van der Waals surface area contributed by atoms with Crippen molar-refractivity contribution in [1.82, 2.24) is 20.6 Å². The van der Waals surface area contributed by atoms with Crippen LogP contribution in [0.25, 0.3) is 10.8 Å². The summed E-state index contributed by atoms with van der Waals surface area (Å²) in [7, 11) is 0. The molecule has 0 bridgehead atoms. The number of hydrazine groups is 1. The van der Waals surface area contributed by atoms with E-state index in [1.54, 1.807) is 32.0 Å². The molecule has 9 heteroatoms. The van der Waals surface area contributed by atoms with Crippen molar-refractivity contribution < 1.29 is 14.0 Å². The van der Waals surface area contributed by atoms with E-state index >= 15 is 0 Å². The number of carbonyl (C=O) groups is 2. The molecule has 0 aliphatic heterocycles. The zero-order valence-electron chi connectivity index (χ0n) is 14.1. The Morgan fingerprint density at radius 3 is 2.46 bits per heavy atom. The van der Waals surface area contributed by atoms with E-state index in [0.29, 0.717) is 17.1 Å². The highest BCUT2D eigenvalue weighted by atomic mass is 16.3. The summed E-state index contributed by atoms with van der Waals surface area (Å²) in [4.78, 5) is 48.4. The zero-order valence-corrected chi connectivity index (χ0v) is 14.1. The van der Waals surface area contributed by atoms with Gasteiger partial charge in [-0.1, -0.05) is 12.1 Å². The molecule has 0 saturated carbocycles. The summed E-state index contributed by atoms with van der Waals surface area (Å²) in [6.45, 7) is 2.87. The quantitative estimate of drug-likeness (QED) is 0.584. The molecule has 2 amide bonds. The minimum absolute atomic E-state index is 0.206. The van der Waals surface area contributed by atoms with Gasteiger partial charge in [-0.25, -0.2) is 4.68 Å². The number of hydrogen-bond donors (Lipinski definition) is 3.